The van der Waals surface area contributed by atoms with Gasteiger partial charge in [-0.3, -0.25) is 9.89 Å². The number of hydrogen-bond donors (Lipinski definition) is 2. The number of guanidine groups is 1. The number of piperazine rings is 1. The van der Waals surface area contributed by atoms with Gasteiger partial charge in [-0.05, 0) is 43.6 Å². The van der Waals surface area contributed by atoms with Gasteiger partial charge in [-0.25, -0.2) is 0 Å². The molecule has 0 saturated carbocycles. The molecule has 0 aliphatic carbocycles. The minimum absolute atomic E-state index is 0. The molecule has 2 aliphatic rings. The fourth-order valence-corrected chi connectivity index (χ4v) is 4.21. The van der Waals surface area contributed by atoms with E-state index in [-0.39, 0.29) is 24.0 Å². The van der Waals surface area contributed by atoms with Crippen LogP contribution >= 0.6 is 24.0 Å². The molecule has 1 aromatic rings. The molecule has 2 N–H and O–H groups in total. The van der Waals surface area contributed by atoms with Crippen LogP contribution in [0.3, 0.4) is 0 Å². The second-order valence-electron chi connectivity index (χ2n) is 8.28. The number of aliphatic imine (C=N–C) groups is 1. The maximum absolute atomic E-state index is 4.36. The average Bonchev–Trinajstić information content (AvgIpc) is 2.78. The molecule has 2 heterocycles. The van der Waals surface area contributed by atoms with Gasteiger partial charge in [0.15, 0.2) is 5.96 Å². The van der Waals surface area contributed by atoms with Gasteiger partial charge >= 0.3 is 0 Å². The Morgan fingerprint density at radius 2 is 1.47 bits per heavy atom. The quantitative estimate of drug-likeness (QED) is 0.309. The summed E-state index contributed by atoms with van der Waals surface area (Å²) in [6.07, 6.45) is 4.08. The van der Waals surface area contributed by atoms with Crippen LogP contribution in [0.2, 0.25) is 0 Å². The van der Waals surface area contributed by atoms with Crippen LogP contribution in [0.5, 0.6) is 0 Å². The zero-order chi connectivity index (χ0) is 20.3. The Hall–Kier alpha value is -0.900. The topological polar surface area (TPSA) is 46.1 Å². The SMILES string of the molecule is CCN1CCN(Cc2ccc(CNC(=NC)NCCN3CCCCC3)cc2)CC1.I. The Morgan fingerprint density at radius 1 is 0.833 bits per heavy atom. The van der Waals surface area contributed by atoms with Crippen molar-refractivity contribution in [3.63, 3.8) is 0 Å². The Kier molecular flexibility index (Phi) is 12.0. The van der Waals surface area contributed by atoms with Crippen molar-refractivity contribution in [2.75, 3.05) is 66.0 Å². The van der Waals surface area contributed by atoms with E-state index in [9.17, 15) is 0 Å². The summed E-state index contributed by atoms with van der Waals surface area (Å²) >= 11 is 0. The molecule has 0 spiro atoms. The second kappa shape index (κ2) is 14.2. The Balaban J connectivity index is 0.00000320. The standard InChI is InChI=1S/C23H40N6.HI/c1-3-27-15-17-29(18-16-27)20-22-9-7-21(8-10-22)19-26-23(24-2)25-11-14-28-12-5-4-6-13-28;/h7-10H,3-6,11-20H2,1-2H3,(H2,24,25,26);1H. The molecular formula is C23H41IN6. The van der Waals surface area contributed by atoms with Crippen LogP contribution < -0.4 is 10.6 Å². The highest BCUT2D eigenvalue weighted by Crippen LogP contribution is 2.10. The highest BCUT2D eigenvalue weighted by Gasteiger charge is 2.15. The average molecular weight is 529 g/mol. The molecule has 30 heavy (non-hydrogen) atoms. The molecule has 1 aromatic carbocycles. The summed E-state index contributed by atoms with van der Waals surface area (Å²) in [5, 5.41) is 6.89. The number of nitrogens with one attached hydrogen (secondary N) is 2. The first kappa shape index (κ1) is 25.4. The number of rotatable bonds is 8. The lowest BCUT2D eigenvalue weighted by atomic mass is 10.1. The lowest BCUT2D eigenvalue weighted by molar-refractivity contribution is 0.132. The number of likely N-dealkylation sites (N-methyl/N-ethyl adjacent to an activating group) is 1. The molecule has 0 bridgehead atoms. The maximum atomic E-state index is 4.36. The lowest BCUT2D eigenvalue weighted by Crippen LogP contribution is -2.45. The minimum atomic E-state index is 0. The predicted molar refractivity (Wildman–Crippen MR) is 138 cm³/mol. The van der Waals surface area contributed by atoms with E-state index in [0.717, 1.165) is 32.1 Å². The summed E-state index contributed by atoms with van der Waals surface area (Å²) < 4.78 is 0. The summed E-state index contributed by atoms with van der Waals surface area (Å²) in [6, 6.07) is 9.03. The summed E-state index contributed by atoms with van der Waals surface area (Å²) in [4.78, 5) is 12.0. The molecule has 0 unspecified atom stereocenters. The van der Waals surface area contributed by atoms with Crippen molar-refractivity contribution in [2.24, 2.45) is 4.99 Å². The first-order chi connectivity index (χ1) is 14.3. The van der Waals surface area contributed by atoms with Crippen molar-refractivity contribution in [3.05, 3.63) is 35.4 Å². The molecule has 3 rings (SSSR count). The van der Waals surface area contributed by atoms with E-state index in [2.05, 4.69) is 61.5 Å². The first-order valence-corrected chi connectivity index (χ1v) is 11.5. The van der Waals surface area contributed by atoms with E-state index in [0.29, 0.717) is 0 Å². The molecule has 0 aromatic heterocycles. The molecule has 6 nitrogen and oxygen atoms in total. The van der Waals surface area contributed by atoms with Crippen molar-refractivity contribution in [1.29, 1.82) is 0 Å². The molecule has 0 amide bonds. The summed E-state index contributed by atoms with van der Waals surface area (Å²) in [5.74, 6) is 0.889. The Labute approximate surface area is 200 Å². The molecule has 2 aliphatic heterocycles. The van der Waals surface area contributed by atoms with E-state index < -0.39 is 0 Å². The summed E-state index contributed by atoms with van der Waals surface area (Å²) in [5.41, 5.74) is 2.70. The van der Waals surface area contributed by atoms with E-state index in [1.54, 1.807) is 0 Å². The van der Waals surface area contributed by atoms with Gasteiger partial charge < -0.3 is 20.4 Å². The normalized spacial score (nSPS) is 19.3. The fraction of sp³-hybridized carbons (Fsp3) is 0.696. The molecular weight excluding hydrogens is 487 g/mol. The van der Waals surface area contributed by atoms with Crippen LogP contribution in [0.4, 0.5) is 0 Å². The lowest BCUT2D eigenvalue weighted by Gasteiger charge is -2.34. The monoisotopic (exact) mass is 528 g/mol. The third-order valence-electron chi connectivity index (χ3n) is 6.19. The minimum Gasteiger partial charge on any atom is -0.355 e. The Bertz CT molecular complexity index is 607. The molecule has 2 fully saturated rings. The number of benzene rings is 1. The van der Waals surface area contributed by atoms with Gasteiger partial charge in [0.05, 0.1) is 0 Å². The van der Waals surface area contributed by atoms with Crippen LogP contribution in [0.25, 0.3) is 0 Å². The van der Waals surface area contributed by atoms with Crippen molar-refractivity contribution in [3.8, 4) is 0 Å². The van der Waals surface area contributed by atoms with Crippen LogP contribution in [-0.2, 0) is 13.1 Å². The van der Waals surface area contributed by atoms with E-state index in [1.807, 2.05) is 7.05 Å². The molecule has 170 valence electrons. The van der Waals surface area contributed by atoms with E-state index >= 15 is 0 Å². The van der Waals surface area contributed by atoms with Crippen LogP contribution in [0, 0.1) is 0 Å². The highest BCUT2D eigenvalue weighted by atomic mass is 127. The van der Waals surface area contributed by atoms with Gasteiger partial charge in [-0.1, -0.05) is 37.6 Å². The van der Waals surface area contributed by atoms with Crippen molar-refractivity contribution < 1.29 is 0 Å². The molecule has 7 heteroatoms. The van der Waals surface area contributed by atoms with E-state index in [4.69, 9.17) is 0 Å². The Morgan fingerprint density at radius 3 is 2.10 bits per heavy atom. The first-order valence-electron chi connectivity index (χ1n) is 11.5. The van der Waals surface area contributed by atoms with Gasteiger partial charge in [-0.2, -0.15) is 0 Å². The van der Waals surface area contributed by atoms with Gasteiger partial charge in [-0.15, -0.1) is 24.0 Å². The number of piperidine rings is 1. The second-order valence-corrected chi connectivity index (χ2v) is 8.28. The zero-order valence-corrected chi connectivity index (χ0v) is 21.2. The number of hydrogen-bond acceptors (Lipinski definition) is 4. The number of likely N-dealkylation sites (tertiary alicyclic amines) is 1. The number of nitrogens with zero attached hydrogens (tertiary/aromatic N) is 4. The summed E-state index contributed by atoms with van der Waals surface area (Å²) in [6.45, 7) is 14.6. The highest BCUT2D eigenvalue weighted by molar-refractivity contribution is 14.0. The third-order valence-corrected chi connectivity index (χ3v) is 6.19. The van der Waals surface area contributed by atoms with Gasteiger partial charge in [0.1, 0.15) is 0 Å². The summed E-state index contributed by atoms with van der Waals surface area (Å²) in [7, 11) is 1.84. The molecule has 2 saturated heterocycles. The fourth-order valence-electron chi connectivity index (χ4n) is 4.21. The van der Waals surface area contributed by atoms with Gasteiger partial charge in [0.25, 0.3) is 0 Å². The van der Waals surface area contributed by atoms with Crippen molar-refractivity contribution in [2.45, 2.75) is 39.3 Å². The number of halogens is 1. The van der Waals surface area contributed by atoms with E-state index in [1.165, 1.54) is 76.2 Å². The molecule has 0 radical (unpaired) electrons. The zero-order valence-electron chi connectivity index (χ0n) is 18.9. The smallest absolute Gasteiger partial charge is 0.191 e. The van der Waals surface area contributed by atoms with Gasteiger partial charge in [0, 0.05) is 59.4 Å². The van der Waals surface area contributed by atoms with Crippen LogP contribution in [0.1, 0.15) is 37.3 Å². The van der Waals surface area contributed by atoms with Crippen LogP contribution in [0.15, 0.2) is 29.3 Å². The van der Waals surface area contributed by atoms with Gasteiger partial charge in [0.2, 0.25) is 0 Å². The molecule has 0 atom stereocenters. The third kappa shape index (κ3) is 8.69. The van der Waals surface area contributed by atoms with Crippen LogP contribution in [-0.4, -0.2) is 86.6 Å². The van der Waals surface area contributed by atoms with Crippen molar-refractivity contribution >= 4 is 29.9 Å². The van der Waals surface area contributed by atoms with Crippen molar-refractivity contribution in [1.82, 2.24) is 25.3 Å². The maximum Gasteiger partial charge on any atom is 0.191 e. The largest absolute Gasteiger partial charge is 0.355 e. The predicted octanol–water partition coefficient (Wildman–Crippen LogP) is 2.59.